The fourth-order valence-corrected chi connectivity index (χ4v) is 15.2. The summed E-state index contributed by atoms with van der Waals surface area (Å²) in [6, 6.07) is 4.40. The smallest absolute Gasteiger partial charge is 0.341 e. The summed E-state index contributed by atoms with van der Waals surface area (Å²) in [6.45, 7) is 14.7. The number of nitrogens with zero attached hydrogens (tertiary/aromatic N) is 5. The number of carboxylic acids is 1. The number of carboxylic acid groups (broad SMARTS) is 1. The van der Waals surface area contributed by atoms with Crippen LogP contribution in [0.1, 0.15) is 115 Å². The number of amides is 1. The number of phenolic OH excluding ortho intramolecular Hbond substituents is 1. The zero-order valence-corrected chi connectivity index (χ0v) is 54.6. The molecule has 2 aromatic heterocycles. The van der Waals surface area contributed by atoms with E-state index >= 15 is 9.18 Å². The number of aromatic nitrogens is 2. The number of allylic oxidation sites excluding steroid dienone is 2. The van der Waals surface area contributed by atoms with E-state index in [0.29, 0.717) is 37.4 Å². The number of aliphatic hydroxyl groups is 3. The number of rotatable bonds is 10. The molecule has 4 aromatic carbocycles. The highest BCUT2D eigenvalue weighted by molar-refractivity contribution is 6.17. The maximum absolute atomic E-state index is 16.5. The van der Waals surface area contributed by atoms with E-state index in [1.807, 2.05) is 4.90 Å². The lowest BCUT2D eigenvalue weighted by atomic mass is 9.78. The van der Waals surface area contributed by atoms with Crippen molar-refractivity contribution in [3.05, 3.63) is 113 Å². The van der Waals surface area contributed by atoms with E-state index < -0.39 is 117 Å². The molecule has 12 rings (SSSR count). The number of aromatic hydroxyl groups is 1. The number of benzene rings is 4. The Morgan fingerprint density at radius 3 is 2.22 bits per heavy atom. The summed E-state index contributed by atoms with van der Waals surface area (Å²) in [4.78, 5) is 93.7. The fraction of sp³-hybridized carbons (Fsp3) is 0.500. The minimum atomic E-state index is -2.04. The molecule has 4 fully saturated rings. The van der Waals surface area contributed by atoms with Crippen molar-refractivity contribution >= 4 is 84.5 Å². The second kappa shape index (κ2) is 24.6. The predicted molar refractivity (Wildman–Crippen MR) is 350 cm³/mol. The Labute approximate surface area is 540 Å². The molecule has 6 aliphatic rings. The standard InChI is InChI=1S/C70H81FN6O17/c1-32-13-12-14-33(2)67(86)73-54-61(84)50-49(51-63(37(6)59(50)82)94-69(8,66(51)85)91-26-20-47(89-10)34(3)62(92-38(7)78)36(5)58(81)35(4)57(32)80)53-64(54)93-48-28-42(27-46(79)52(48)72-53)75-24-18-40(19-25-75)74(9)70(21-22-70)39-17-23-76(30-39)56-45(71)29-43-55(65(56)90-11)77(41-15-16-41)31-44(60(43)83)68(87)88/h12-14,20,26-29,31-32,34-36,39-41,47,57-58,62,80-82,85H,15-19,21-25,30H2,1-11H3,(H,73,86)(H,87,88)/t32-,34+,35+,36+,39+,47-,57-,58+,62+,69-/m0/s1. The number of carbonyl (C=O) groups excluding carboxylic acids is 2. The number of hydrogen-bond donors (Lipinski definition) is 6. The summed E-state index contributed by atoms with van der Waals surface area (Å²) in [7, 11) is 5.03. The molecule has 2 saturated carbocycles. The Balaban J connectivity index is 0.872. The van der Waals surface area contributed by atoms with Crippen LogP contribution < -0.4 is 46.1 Å². The number of hydrogen-bond acceptors (Lipinski definition) is 20. The summed E-state index contributed by atoms with van der Waals surface area (Å²) in [5.74, 6) is -8.95. The van der Waals surface area contributed by atoms with Crippen LogP contribution in [0.15, 0.2) is 79.3 Å². The van der Waals surface area contributed by atoms with Gasteiger partial charge in [-0.2, -0.15) is 0 Å². The van der Waals surface area contributed by atoms with Crippen molar-refractivity contribution in [3.63, 3.8) is 0 Å². The van der Waals surface area contributed by atoms with E-state index in [9.17, 15) is 49.5 Å². The summed E-state index contributed by atoms with van der Waals surface area (Å²) in [5, 5.41) is 59.7. The first-order valence-corrected chi connectivity index (χ1v) is 32.2. The van der Waals surface area contributed by atoms with E-state index in [4.69, 9.17) is 33.1 Å². The van der Waals surface area contributed by atoms with Crippen LogP contribution in [-0.4, -0.2) is 147 Å². The van der Waals surface area contributed by atoms with Crippen molar-refractivity contribution < 1.29 is 72.4 Å². The zero-order chi connectivity index (χ0) is 67.5. The van der Waals surface area contributed by atoms with Crippen LogP contribution in [0, 0.1) is 42.3 Å². The molecule has 0 radical (unpaired) electrons. The molecule has 6 N–H and O–H groups in total. The average molecular weight is 1300 g/mol. The summed E-state index contributed by atoms with van der Waals surface area (Å²) in [5.41, 5.74) is -2.55. The molecule has 24 heteroatoms. The molecule has 6 heterocycles. The Kier molecular flexibility index (Phi) is 17.2. The van der Waals surface area contributed by atoms with Gasteiger partial charge in [-0.1, -0.05) is 45.9 Å². The molecule has 2 saturated heterocycles. The third kappa shape index (κ3) is 11.1. The molecule has 0 spiro atoms. The lowest BCUT2D eigenvalue weighted by Gasteiger charge is -2.43. The Bertz CT molecular complexity index is 4470. The van der Waals surface area contributed by atoms with E-state index in [1.54, 1.807) is 50.5 Å². The third-order valence-corrected chi connectivity index (χ3v) is 21.1. The number of halogens is 1. The molecule has 94 heavy (non-hydrogen) atoms. The number of phenols is 1. The number of aliphatic hydroxyl groups excluding tert-OH is 3. The molecular formula is C70H81FN6O17. The Hall–Kier alpha value is -8.58. The van der Waals surface area contributed by atoms with Crippen molar-refractivity contribution in [2.75, 3.05) is 62.6 Å². The van der Waals surface area contributed by atoms with Gasteiger partial charge in [0.1, 0.15) is 40.1 Å². The fourth-order valence-electron chi connectivity index (χ4n) is 15.2. The van der Waals surface area contributed by atoms with Gasteiger partial charge in [0.2, 0.25) is 16.3 Å². The van der Waals surface area contributed by atoms with Gasteiger partial charge in [0.15, 0.2) is 34.0 Å². The number of ether oxygens (including phenoxy) is 5. The Morgan fingerprint density at radius 1 is 0.872 bits per heavy atom. The van der Waals surface area contributed by atoms with Gasteiger partial charge in [0.05, 0.1) is 53.2 Å². The van der Waals surface area contributed by atoms with Crippen LogP contribution in [0.3, 0.4) is 0 Å². The van der Waals surface area contributed by atoms with Crippen molar-refractivity contribution in [2.24, 2.45) is 29.6 Å². The first-order valence-electron chi connectivity index (χ1n) is 32.2. The number of piperidine rings is 1. The van der Waals surface area contributed by atoms with Gasteiger partial charge in [-0.15, -0.1) is 0 Å². The molecule has 1 amide bonds. The minimum Gasteiger partial charge on any atom is -0.507 e. The van der Waals surface area contributed by atoms with Gasteiger partial charge in [0, 0.05) is 129 Å². The summed E-state index contributed by atoms with van der Waals surface area (Å²) in [6.07, 6.45) is 10.4. The topological polar surface area (TPSA) is 302 Å². The molecular weight excluding hydrogens is 1220 g/mol. The van der Waals surface area contributed by atoms with Gasteiger partial charge in [-0.3, -0.25) is 28.9 Å². The van der Waals surface area contributed by atoms with Gasteiger partial charge in [-0.05, 0) is 83.9 Å². The molecule has 10 atom stereocenters. The van der Waals surface area contributed by atoms with Crippen LogP contribution in [0.4, 0.5) is 21.5 Å². The van der Waals surface area contributed by atoms with Crippen LogP contribution in [-0.2, 0) is 23.8 Å². The monoisotopic (exact) mass is 1300 g/mol. The van der Waals surface area contributed by atoms with Gasteiger partial charge < -0.3 is 73.3 Å². The third-order valence-electron chi connectivity index (χ3n) is 21.1. The lowest BCUT2D eigenvalue weighted by Crippen LogP contribution is -2.51. The molecule has 23 nitrogen and oxygen atoms in total. The van der Waals surface area contributed by atoms with Crippen molar-refractivity contribution in [2.45, 2.75) is 148 Å². The average Bonchev–Trinajstić information content (AvgIpc) is 1.44. The van der Waals surface area contributed by atoms with E-state index in [2.05, 4.69) is 22.2 Å². The number of carbonyl (C=O) groups is 3. The minimum absolute atomic E-state index is 0.0226. The van der Waals surface area contributed by atoms with E-state index in [1.165, 1.54) is 72.6 Å². The molecule has 2 aliphatic carbocycles. The Morgan fingerprint density at radius 2 is 1.57 bits per heavy atom. The maximum atomic E-state index is 16.5. The van der Waals surface area contributed by atoms with Crippen molar-refractivity contribution in [3.8, 4) is 17.2 Å². The largest absolute Gasteiger partial charge is 0.507 e. The molecule has 5 bridgehead atoms. The maximum Gasteiger partial charge on any atom is 0.341 e. The van der Waals surface area contributed by atoms with Crippen LogP contribution in [0.25, 0.3) is 49.6 Å². The number of anilines is 3. The van der Waals surface area contributed by atoms with Gasteiger partial charge in [-0.25, -0.2) is 14.2 Å². The molecule has 4 aliphatic heterocycles. The van der Waals surface area contributed by atoms with Crippen molar-refractivity contribution in [1.82, 2.24) is 14.5 Å². The van der Waals surface area contributed by atoms with Gasteiger partial charge >= 0.3 is 17.7 Å². The number of esters is 1. The normalized spacial score (nSPS) is 27.0. The number of aromatic carboxylic acids is 1. The number of methoxy groups -OCH3 is 2. The van der Waals surface area contributed by atoms with Crippen LogP contribution in [0.5, 0.6) is 17.2 Å². The summed E-state index contributed by atoms with van der Waals surface area (Å²) < 4.78 is 55.1. The number of nitrogens with one attached hydrogen (secondary N) is 1. The predicted octanol–water partition coefficient (Wildman–Crippen LogP) is 8.02. The number of fused-ring (bicyclic) bond motifs is 6. The molecule has 6 aromatic rings. The zero-order valence-electron chi connectivity index (χ0n) is 54.6. The lowest BCUT2D eigenvalue weighted by molar-refractivity contribution is -0.160. The molecule has 0 unspecified atom stereocenters. The quantitative estimate of drug-likeness (QED) is 0.0430. The van der Waals surface area contributed by atoms with E-state index in [-0.39, 0.29) is 95.4 Å². The van der Waals surface area contributed by atoms with Crippen LogP contribution >= 0.6 is 0 Å². The molecule has 500 valence electrons. The van der Waals surface area contributed by atoms with Crippen molar-refractivity contribution in [1.29, 1.82) is 0 Å². The highest BCUT2D eigenvalue weighted by Gasteiger charge is 2.56. The SMILES string of the molecule is COc1c(N2CC[C@@H](C3(N(C)C4CCN(c5cc(=O)c6nc7c(oc6c5)c5c(=O)c6c(O)c(C)c8c(c67)=C(O)[C@@](C)(OC=C[C@H](OC)[C@@H](C)[C@@H](OC(C)=O)[C@H](C)[C@H](O)[C@H](C)[C@@H](O)[C@@H](C)C=CC=C(C)C(=O)N5)O8)CC4)CC3)C2)c(F)cc2c(=O)c(C(=O)O)cn(C3CC3)c12. The van der Waals surface area contributed by atoms with Crippen LogP contribution in [0.2, 0.25) is 0 Å². The highest BCUT2D eigenvalue weighted by atomic mass is 19.1. The summed E-state index contributed by atoms with van der Waals surface area (Å²) >= 11 is 0. The highest BCUT2D eigenvalue weighted by Crippen LogP contribution is 2.54. The van der Waals surface area contributed by atoms with E-state index in [0.717, 1.165) is 51.0 Å². The second-order valence-electron chi connectivity index (χ2n) is 26.9. The first-order chi connectivity index (χ1) is 44.6. The second-order valence-corrected chi connectivity index (χ2v) is 26.9. The number of pyridine rings is 1. The first kappa shape index (κ1) is 65.5. The van der Waals surface area contributed by atoms with Gasteiger partial charge in [0.25, 0.3) is 5.91 Å².